The van der Waals surface area contributed by atoms with Crippen LogP contribution in [0.4, 0.5) is 11.8 Å². The van der Waals surface area contributed by atoms with Crippen molar-refractivity contribution in [1.82, 2.24) is 14.9 Å². The van der Waals surface area contributed by atoms with Crippen molar-refractivity contribution in [2.75, 3.05) is 30.7 Å². The summed E-state index contributed by atoms with van der Waals surface area (Å²) in [7, 11) is 0. The summed E-state index contributed by atoms with van der Waals surface area (Å²) >= 11 is 0. The van der Waals surface area contributed by atoms with Gasteiger partial charge in [-0.25, -0.2) is 4.98 Å². The summed E-state index contributed by atoms with van der Waals surface area (Å²) in [4.78, 5) is 10.6. The van der Waals surface area contributed by atoms with Crippen LogP contribution in [-0.4, -0.2) is 40.5 Å². The second-order valence-corrected chi connectivity index (χ2v) is 4.69. The summed E-state index contributed by atoms with van der Waals surface area (Å²) in [6.07, 6.45) is 4.31. The molecule has 0 radical (unpaired) electrons. The van der Waals surface area contributed by atoms with Gasteiger partial charge in [-0.05, 0) is 37.9 Å². The third kappa shape index (κ3) is 1.82. The SMILES string of the molecule is Nc1nccc(NC2CN3CCC2CC3)n1. The predicted molar refractivity (Wildman–Crippen MR) is 63.0 cm³/mol. The van der Waals surface area contributed by atoms with E-state index in [0.717, 1.165) is 18.3 Å². The van der Waals surface area contributed by atoms with Crippen LogP contribution in [-0.2, 0) is 0 Å². The largest absolute Gasteiger partial charge is 0.368 e. The number of fused-ring (bicyclic) bond motifs is 3. The van der Waals surface area contributed by atoms with Gasteiger partial charge in [-0.3, -0.25) is 0 Å². The first-order valence-electron chi connectivity index (χ1n) is 5.89. The number of nitrogens with one attached hydrogen (secondary N) is 1. The van der Waals surface area contributed by atoms with Gasteiger partial charge >= 0.3 is 0 Å². The fourth-order valence-corrected chi connectivity index (χ4v) is 2.77. The van der Waals surface area contributed by atoms with Crippen LogP contribution in [0.3, 0.4) is 0 Å². The van der Waals surface area contributed by atoms with Crippen LogP contribution < -0.4 is 11.1 Å². The van der Waals surface area contributed by atoms with Crippen molar-refractivity contribution in [2.24, 2.45) is 5.92 Å². The van der Waals surface area contributed by atoms with E-state index in [0.29, 0.717) is 12.0 Å². The molecule has 3 aliphatic rings. The van der Waals surface area contributed by atoms with E-state index in [2.05, 4.69) is 20.2 Å². The summed E-state index contributed by atoms with van der Waals surface area (Å²) in [6.45, 7) is 3.65. The van der Waals surface area contributed by atoms with E-state index in [-0.39, 0.29) is 0 Å². The Morgan fingerprint density at radius 3 is 2.81 bits per heavy atom. The molecule has 0 amide bonds. The predicted octanol–water partition coefficient (Wildman–Crippen LogP) is 0.565. The lowest BCUT2D eigenvalue weighted by Crippen LogP contribution is -2.53. The molecule has 3 fully saturated rings. The molecule has 5 nitrogen and oxygen atoms in total. The molecule has 4 rings (SSSR count). The molecule has 1 unspecified atom stereocenters. The first kappa shape index (κ1) is 9.84. The Bertz CT molecular complexity index is 372. The Kier molecular flexibility index (Phi) is 2.40. The van der Waals surface area contributed by atoms with Gasteiger partial charge in [0.1, 0.15) is 5.82 Å². The Morgan fingerprint density at radius 2 is 2.19 bits per heavy atom. The molecule has 1 aromatic heterocycles. The molecular formula is C11H17N5. The van der Waals surface area contributed by atoms with E-state index < -0.39 is 0 Å². The topological polar surface area (TPSA) is 67.1 Å². The number of hydrogen-bond donors (Lipinski definition) is 2. The third-order valence-corrected chi connectivity index (χ3v) is 3.66. The molecule has 2 bridgehead atoms. The fourth-order valence-electron chi connectivity index (χ4n) is 2.77. The van der Waals surface area contributed by atoms with Gasteiger partial charge in [-0.2, -0.15) is 4.98 Å². The molecule has 0 aliphatic carbocycles. The highest BCUT2D eigenvalue weighted by Crippen LogP contribution is 2.29. The fraction of sp³-hybridized carbons (Fsp3) is 0.636. The van der Waals surface area contributed by atoms with E-state index in [1.807, 2.05) is 6.07 Å². The molecule has 1 atom stereocenters. The molecule has 3 aliphatic heterocycles. The number of anilines is 2. The summed E-state index contributed by atoms with van der Waals surface area (Å²) < 4.78 is 0. The standard InChI is InChI=1S/C11H17N5/c12-11-13-4-1-10(15-11)14-9-7-16-5-2-8(9)3-6-16/h1,4,8-9H,2-3,5-7H2,(H3,12,13,14,15). The molecule has 3 saturated heterocycles. The normalized spacial score (nSPS) is 32.6. The van der Waals surface area contributed by atoms with E-state index >= 15 is 0 Å². The summed E-state index contributed by atoms with van der Waals surface area (Å²) in [5.74, 6) is 1.98. The van der Waals surface area contributed by atoms with E-state index in [1.54, 1.807) is 6.20 Å². The minimum Gasteiger partial charge on any atom is -0.368 e. The van der Waals surface area contributed by atoms with Crippen molar-refractivity contribution in [3.8, 4) is 0 Å². The Labute approximate surface area is 95.1 Å². The van der Waals surface area contributed by atoms with Crippen LogP contribution in [0.25, 0.3) is 0 Å². The minimum absolute atomic E-state index is 0.339. The molecule has 86 valence electrons. The van der Waals surface area contributed by atoms with Gasteiger partial charge in [0.15, 0.2) is 0 Å². The second kappa shape index (κ2) is 3.90. The van der Waals surface area contributed by atoms with Crippen LogP contribution in [0, 0.1) is 5.92 Å². The number of nitrogens with zero attached hydrogens (tertiary/aromatic N) is 3. The van der Waals surface area contributed by atoms with Gasteiger partial charge in [0.2, 0.25) is 5.95 Å². The average molecular weight is 219 g/mol. The van der Waals surface area contributed by atoms with Crippen molar-refractivity contribution in [2.45, 2.75) is 18.9 Å². The van der Waals surface area contributed by atoms with Gasteiger partial charge in [0.05, 0.1) is 0 Å². The highest BCUT2D eigenvalue weighted by atomic mass is 15.2. The van der Waals surface area contributed by atoms with Gasteiger partial charge in [0, 0.05) is 18.8 Å². The number of rotatable bonds is 2. The van der Waals surface area contributed by atoms with Crippen LogP contribution in [0.5, 0.6) is 0 Å². The van der Waals surface area contributed by atoms with Crippen LogP contribution in [0.2, 0.25) is 0 Å². The zero-order chi connectivity index (χ0) is 11.0. The van der Waals surface area contributed by atoms with E-state index in [4.69, 9.17) is 5.73 Å². The quantitative estimate of drug-likeness (QED) is 0.761. The summed E-state index contributed by atoms with van der Waals surface area (Å²) in [5.41, 5.74) is 5.57. The number of piperidine rings is 3. The van der Waals surface area contributed by atoms with Crippen molar-refractivity contribution in [3.63, 3.8) is 0 Å². The van der Waals surface area contributed by atoms with Crippen LogP contribution >= 0.6 is 0 Å². The molecule has 5 heteroatoms. The average Bonchev–Trinajstić information content (AvgIpc) is 2.30. The summed E-state index contributed by atoms with van der Waals surface area (Å²) in [6, 6.07) is 2.41. The number of hydrogen-bond acceptors (Lipinski definition) is 5. The maximum absolute atomic E-state index is 5.57. The zero-order valence-corrected chi connectivity index (χ0v) is 9.26. The van der Waals surface area contributed by atoms with E-state index in [1.165, 1.54) is 25.9 Å². The third-order valence-electron chi connectivity index (χ3n) is 3.66. The molecule has 0 aromatic carbocycles. The molecule has 3 N–H and O–H groups in total. The lowest BCUT2D eigenvalue weighted by atomic mass is 9.84. The molecular weight excluding hydrogens is 202 g/mol. The van der Waals surface area contributed by atoms with E-state index in [9.17, 15) is 0 Å². The number of nitrogens with two attached hydrogens (primary N) is 1. The molecule has 16 heavy (non-hydrogen) atoms. The van der Waals surface area contributed by atoms with Gasteiger partial charge < -0.3 is 16.0 Å². The maximum atomic E-state index is 5.57. The highest BCUT2D eigenvalue weighted by molar-refractivity contribution is 5.38. The first-order chi connectivity index (χ1) is 7.81. The van der Waals surface area contributed by atoms with Crippen molar-refractivity contribution < 1.29 is 0 Å². The summed E-state index contributed by atoms with van der Waals surface area (Å²) in [5, 5.41) is 3.48. The second-order valence-electron chi connectivity index (χ2n) is 4.69. The van der Waals surface area contributed by atoms with Crippen molar-refractivity contribution in [3.05, 3.63) is 12.3 Å². The van der Waals surface area contributed by atoms with Gasteiger partial charge in [-0.15, -0.1) is 0 Å². The molecule has 4 heterocycles. The van der Waals surface area contributed by atoms with Crippen LogP contribution in [0.15, 0.2) is 12.3 Å². The van der Waals surface area contributed by atoms with Gasteiger partial charge in [0.25, 0.3) is 0 Å². The zero-order valence-electron chi connectivity index (χ0n) is 9.26. The Morgan fingerprint density at radius 1 is 1.38 bits per heavy atom. The minimum atomic E-state index is 0.339. The lowest BCUT2D eigenvalue weighted by Gasteiger charge is -2.45. The first-order valence-corrected chi connectivity index (χ1v) is 5.89. The maximum Gasteiger partial charge on any atom is 0.221 e. The molecule has 0 spiro atoms. The molecule has 0 saturated carbocycles. The van der Waals surface area contributed by atoms with Crippen LogP contribution in [0.1, 0.15) is 12.8 Å². The Balaban J connectivity index is 1.71. The number of nitrogen functional groups attached to an aromatic ring is 1. The Hall–Kier alpha value is -1.36. The lowest BCUT2D eigenvalue weighted by molar-refractivity contribution is 0.0974. The monoisotopic (exact) mass is 219 g/mol. The van der Waals surface area contributed by atoms with Gasteiger partial charge in [-0.1, -0.05) is 0 Å². The molecule has 1 aromatic rings. The highest BCUT2D eigenvalue weighted by Gasteiger charge is 2.34. The smallest absolute Gasteiger partial charge is 0.221 e. The van der Waals surface area contributed by atoms with Crippen molar-refractivity contribution in [1.29, 1.82) is 0 Å². The van der Waals surface area contributed by atoms with Crippen molar-refractivity contribution >= 4 is 11.8 Å². The number of aromatic nitrogens is 2.